The van der Waals surface area contributed by atoms with Crippen molar-refractivity contribution < 1.29 is 19.4 Å². The van der Waals surface area contributed by atoms with Crippen LogP contribution in [0.1, 0.15) is 47.0 Å². The van der Waals surface area contributed by atoms with Gasteiger partial charge in [0.2, 0.25) is 0 Å². The number of carbonyl (C=O) groups excluding carboxylic acids is 1. The van der Waals surface area contributed by atoms with E-state index in [0.29, 0.717) is 19.3 Å². The summed E-state index contributed by atoms with van der Waals surface area (Å²) in [6, 6.07) is 0. The Hall–Kier alpha value is -0.610. The molecule has 0 aromatic rings. The molecule has 98 valence electrons. The zero-order valence-electron chi connectivity index (χ0n) is 11.0. The van der Waals surface area contributed by atoms with E-state index in [2.05, 4.69) is 0 Å². The van der Waals surface area contributed by atoms with Crippen LogP contribution >= 0.6 is 0 Å². The van der Waals surface area contributed by atoms with Crippen molar-refractivity contribution >= 4 is 5.97 Å². The van der Waals surface area contributed by atoms with E-state index in [4.69, 9.17) is 9.47 Å². The molecular weight excluding hydrogens is 220 g/mol. The molecule has 3 fully saturated rings. The average molecular weight is 242 g/mol. The van der Waals surface area contributed by atoms with E-state index < -0.39 is 12.2 Å². The van der Waals surface area contributed by atoms with Crippen molar-refractivity contribution in [2.24, 2.45) is 5.41 Å². The van der Waals surface area contributed by atoms with Crippen molar-refractivity contribution in [3.63, 3.8) is 0 Å². The zero-order chi connectivity index (χ0) is 12.8. The third-order valence-corrected chi connectivity index (χ3v) is 3.66. The zero-order valence-corrected chi connectivity index (χ0v) is 11.0. The van der Waals surface area contributed by atoms with Crippen LogP contribution in [0.25, 0.3) is 0 Å². The van der Waals surface area contributed by atoms with Gasteiger partial charge in [0.05, 0.1) is 24.2 Å². The average Bonchev–Trinajstić information content (AvgIpc) is 2.26. The first-order valence-electron chi connectivity index (χ1n) is 6.25. The lowest BCUT2D eigenvalue weighted by Gasteiger charge is -2.44. The predicted octanol–water partition coefficient (Wildman–Crippen LogP) is 1.65. The molecule has 3 rings (SSSR count). The minimum Gasteiger partial charge on any atom is -0.459 e. The van der Waals surface area contributed by atoms with Crippen LogP contribution in [0.2, 0.25) is 0 Å². The summed E-state index contributed by atoms with van der Waals surface area (Å²) in [6.07, 6.45) is 0.533. The van der Waals surface area contributed by atoms with Gasteiger partial charge >= 0.3 is 5.97 Å². The molecule has 4 atom stereocenters. The molecule has 2 saturated heterocycles. The molecule has 2 heterocycles. The number of fused-ring (bicyclic) bond motifs is 4. The lowest BCUT2D eigenvalue weighted by Crippen LogP contribution is -2.49. The van der Waals surface area contributed by atoms with E-state index >= 15 is 0 Å². The molecule has 1 saturated carbocycles. The van der Waals surface area contributed by atoms with Crippen molar-refractivity contribution in [3.05, 3.63) is 0 Å². The highest BCUT2D eigenvalue weighted by Gasteiger charge is 2.51. The van der Waals surface area contributed by atoms with Crippen molar-refractivity contribution in [2.75, 3.05) is 0 Å². The summed E-state index contributed by atoms with van der Waals surface area (Å²) in [4.78, 5) is 11.6. The van der Waals surface area contributed by atoms with Gasteiger partial charge in [-0.05, 0) is 27.2 Å². The third-order valence-electron chi connectivity index (χ3n) is 3.66. The van der Waals surface area contributed by atoms with Crippen LogP contribution < -0.4 is 0 Å². The highest BCUT2D eigenvalue weighted by atomic mass is 16.6. The van der Waals surface area contributed by atoms with Gasteiger partial charge in [-0.3, -0.25) is 4.79 Å². The van der Waals surface area contributed by atoms with Gasteiger partial charge in [-0.15, -0.1) is 0 Å². The Bertz CT molecular complexity index is 320. The fourth-order valence-corrected chi connectivity index (χ4v) is 2.86. The molecule has 3 aliphatic rings. The normalized spacial score (nSPS) is 42.2. The number of hydrogen-bond donors (Lipinski definition) is 1. The van der Waals surface area contributed by atoms with E-state index in [9.17, 15) is 9.90 Å². The minimum atomic E-state index is -0.550. The van der Waals surface area contributed by atoms with Gasteiger partial charge in [-0.1, -0.05) is 6.92 Å². The monoisotopic (exact) mass is 242 g/mol. The summed E-state index contributed by atoms with van der Waals surface area (Å²) in [7, 11) is 0. The molecule has 17 heavy (non-hydrogen) atoms. The van der Waals surface area contributed by atoms with E-state index in [-0.39, 0.29) is 23.1 Å². The topological polar surface area (TPSA) is 55.8 Å². The predicted molar refractivity (Wildman–Crippen MR) is 62.5 cm³/mol. The van der Waals surface area contributed by atoms with Crippen LogP contribution in [0.3, 0.4) is 0 Å². The fourth-order valence-electron chi connectivity index (χ4n) is 2.86. The number of ether oxygens (including phenoxy) is 2. The van der Waals surface area contributed by atoms with Crippen LogP contribution in [-0.2, 0) is 14.3 Å². The Morgan fingerprint density at radius 1 is 1.47 bits per heavy atom. The van der Waals surface area contributed by atoms with E-state index in [0.717, 1.165) is 0 Å². The number of rotatable bonds is 1. The number of aliphatic hydroxyl groups excluding tert-OH is 1. The molecule has 0 spiro atoms. The lowest BCUT2D eigenvalue weighted by molar-refractivity contribution is -0.165. The maximum atomic E-state index is 11.6. The molecule has 2 aliphatic heterocycles. The van der Waals surface area contributed by atoms with E-state index in [1.165, 1.54) is 0 Å². The SMILES string of the molecule is CC(C)(C)O[C@H]1C[C@H]2OC(=O)C[C@]1(C)C[C@H]2O. The molecule has 0 radical (unpaired) electrons. The maximum Gasteiger partial charge on any atom is 0.306 e. The third kappa shape index (κ3) is 2.63. The van der Waals surface area contributed by atoms with Gasteiger partial charge in [-0.25, -0.2) is 0 Å². The van der Waals surface area contributed by atoms with Crippen molar-refractivity contribution in [3.8, 4) is 0 Å². The number of carbonyl (C=O) groups is 1. The first-order valence-corrected chi connectivity index (χ1v) is 6.25. The molecule has 2 bridgehead atoms. The van der Waals surface area contributed by atoms with Crippen molar-refractivity contribution in [1.29, 1.82) is 0 Å². The summed E-state index contributed by atoms with van der Waals surface area (Å²) in [6.45, 7) is 8.03. The molecule has 1 aliphatic carbocycles. The number of esters is 1. The van der Waals surface area contributed by atoms with Crippen molar-refractivity contribution in [1.82, 2.24) is 0 Å². The van der Waals surface area contributed by atoms with Gasteiger partial charge in [0.1, 0.15) is 6.10 Å². The minimum absolute atomic E-state index is 0.0256. The molecular formula is C13H22O4. The van der Waals surface area contributed by atoms with E-state index in [1.807, 2.05) is 27.7 Å². The first-order chi connectivity index (χ1) is 7.70. The summed E-state index contributed by atoms with van der Waals surface area (Å²) in [5.74, 6) is -0.214. The Kier molecular flexibility index (Phi) is 2.99. The Balaban J connectivity index is 2.22. The second-order valence-corrected chi connectivity index (χ2v) is 6.59. The molecule has 4 heteroatoms. The highest BCUT2D eigenvalue weighted by Crippen LogP contribution is 2.46. The smallest absolute Gasteiger partial charge is 0.306 e. The van der Waals surface area contributed by atoms with Crippen LogP contribution in [0.4, 0.5) is 0 Å². The Morgan fingerprint density at radius 2 is 2.12 bits per heavy atom. The molecule has 0 unspecified atom stereocenters. The maximum absolute atomic E-state index is 11.6. The second-order valence-electron chi connectivity index (χ2n) is 6.59. The van der Waals surface area contributed by atoms with Gasteiger partial charge in [0.15, 0.2) is 0 Å². The molecule has 0 aromatic heterocycles. The summed E-state index contributed by atoms with van der Waals surface area (Å²) in [5.41, 5.74) is -0.553. The summed E-state index contributed by atoms with van der Waals surface area (Å²) < 4.78 is 11.3. The quantitative estimate of drug-likeness (QED) is 0.710. The fraction of sp³-hybridized carbons (Fsp3) is 0.923. The Labute approximate surface area is 102 Å². The van der Waals surface area contributed by atoms with Gasteiger partial charge < -0.3 is 14.6 Å². The Morgan fingerprint density at radius 3 is 2.71 bits per heavy atom. The van der Waals surface area contributed by atoms with Crippen LogP contribution in [-0.4, -0.2) is 35.0 Å². The first kappa shape index (κ1) is 12.8. The van der Waals surface area contributed by atoms with Crippen molar-refractivity contribution in [2.45, 2.75) is 70.9 Å². The molecule has 0 aromatic carbocycles. The van der Waals surface area contributed by atoms with Crippen LogP contribution in [0.5, 0.6) is 0 Å². The van der Waals surface area contributed by atoms with Crippen LogP contribution in [0.15, 0.2) is 0 Å². The largest absolute Gasteiger partial charge is 0.459 e. The van der Waals surface area contributed by atoms with Gasteiger partial charge in [0, 0.05) is 11.8 Å². The van der Waals surface area contributed by atoms with Crippen LogP contribution in [0, 0.1) is 5.41 Å². The second kappa shape index (κ2) is 3.95. The van der Waals surface area contributed by atoms with Gasteiger partial charge in [0.25, 0.3) is 0 Å². The summed E-state index contributed by atoms with van der Waals surface area (Å²) in [5, 5.41) is 9.95. The van der Waals surface area contributed by atoms with Gasteiger partial charge in [-0.2, -0.15) is 0 Å². The number of hydrogen-bond acceptors (Lipinski definition) is 4. The summed E-state index contributed by atoms with van der Waals surface area (Å²) >= 11 is 0. The lowest BCUT2D eigenvalue weighted by atomic mass is 9.70. The molecule has 0 amide bonds. The molecule has 4 nitrogen and oxygen atoms in total. The molecule has 1 N–H and O–H groups in total. The standard InChI is InChI=1S/C13H22O4/c1-12(2,3)17-10-5-9-8(14)6-13(10,4)7-11(15)16-9/h8-10,14H,5-7H2,1-4H3/t8-,9-,10+,13+/m1/s1. The van der Waals surface area contributed by atoms with E-state index in [1.54, 1.807) is 0 Å². The number of aliphatic hydroxyl groups is 1. The highest BCUT2D eigenvalue weighted by molar-refractivity contribution is 5.71.